The summed E-state index contributed by atoms with van der Waals surface area (Å²) in [6.45, 7) is 6.73. The Morgan fingerprint density at radius 1 is 1.03 bits per heavy atom. The van der Waals surface area contributed by atoms with Crippen molar-refractivity contribution < 1.29 is 14.3 Å². The van der Waals surface area contributed by atoms with Crippen molar-refractivity contribution in [2.45, 2.75) is 45.3 Å². The van der Waals surface area contributed by atoms with E-state index in [2.05, 4.69) is 10.3 Å². The van der Waals surface area contributed by atoms with Crippen LogP contribution in [0.3, 0.4) is 0 Å². The van der Waals surface area contributed by atoms with Crippen molar-refractivity contribution >= 4 is 23.0 Å². The summed E-state index contributed by atoms with van der Waals surface area (Å²) in [4.78, 5) is 31.1. The van der Waals surface area contributed by atoms with Gasteiger partial charge in [-0.2, -0.15) is 0 Å². The van der Waals surface area contributed by atoms with Gasteiger partial charge in [0.25, 0.3) is 5.91 Å². The summed E-state index contributed by atoms with van der Waals surface area (Å²) in [5, 5.41) is 2.90. The van der Waals surface area contributed by atoms with Crippen LogP contribution >= 0.6 is 0 Å². The quantitative estimate of drug-likeness (QED) is 0.690. The molecule has 2 aromatic carbocycles. The third-order valence-corrected chi connectivity index (χ3v) is 5.35. The van der Waals surface area contributed by atoms with Crippen LogP contribution in [0.4, 0.5) is 4.79 Å². The lowest BCUT2D eigenvalue weighted by Crippen LogP contribution is -2.47. The lowest BCUT2D eigenvalue weighted by atomic mass is 10.0. The molecular formula is C24H28N4O3. The molecule has 4 rings (SSSR count). The summed E-state index contributed by atoms with van der Waals surface area (Å²) >= 11 is 0. The van der Waals surface area contributed by atoms with Crippen LogP contribution < -0.4 is 5.32 Å². The highest BCUT2D eigenvalue weighted by atomic mass is 16.6. The molecule has 1 saturated heterocycles. The number of carbonyl (C=O) groups excluding carboxylic acids is 2. The SMILES string of the molecule is CC(C)(C)OC(=O)NC1CCN(C(=O)c2ccc(-n3cnc4ccccc43)cc2)CC1. The summed E-state index contributed by atoms with van der Waals surface area (Å²) < 4.78 is 7.33. The largest absolute Gasteiger partial charge is 0.444 e. The minimum Gasteiger partial charge on any atom is -0.444 e. The molecule has 162 valence electrons. The second kappa shape index (κ2) is 8.41. The van der Waals surface area contributed by atoms with E-state index < -0.39 is 11.7 Å². The van der Waals surface area contributed by atoms with Crippen LogP contribution in [-0.2, 0) is 4.74 Å². The Labute approximate surface area is 182 Å². The Balaban J connectivity index is 1.36. The average molecular weight is 421 g/mol. The van der Waals surface area contributed by atoms with Gasteiger partial charge in [-0.3, -0.25) is 9.36 Å². The fourth-order valence-corrected chi connectivity index (χ4v) is 3.81. The van der Waals surface area contributed by atoms with Gasteiger partial charge in [0.2, 0.25) is 0 Å². The zero-order valence-corrected chi connectivity index (χ0v) is 18.2. The molecule has 0 atom stereocenters. The number of likely N-dealkylation sites (tertiary alicyclic amines) is 1. The lowest BCUT2D eigenvalue weighted by Gasteiger charge is -2.33. The van der Waals surface area contributed by atoms with Crippen LogP contribution in [0.5, 0.6) is 0 Å². The lowest BCUT2D eigenvalue weighted by molar-refractivity contribution is 0.0473. The van der Waals surface area contributed by atoms with Crippen molar-refractivity contribution in [1.29, 1.82) is 0 Å². The number of carbonyl (C=O) groups is 2. The number of fused-ring (bicyclic) bond motifs is 1. The van der Waals surface area contributed by atoms with Crippen LogP contribution in [0.25, 0.3) is 16.7 Å². The second-order valence-electron chi connectivity index (χ2n) is 8.86. The van der Waals surface area contributed by atoms with Gasteiger partial charge < -0.3 is 15.0 Å². The summed E-state index contributed by atoms with van der Waals surface area (Å²) in [5.41, 5.74) is 3.07. The Bertz CT molecular complexity index is 1070. The summed E-state index contributed by atoms with van der Waals surface area (Å²) in [6.07, 6.45) is 2.82. The van der Waals surface area contributed by atoms with E-state index >= 15 is 0 Å². The Morgan fingerprint density at radius 3 is 2.39 bits per heavy atom. The normalized spacial score (nSPS) is 15.1. The van der Waals surface area contributed by atoms with E-state index in [-0.39, 0.29) is 11.9 Å². The van der Waals surface area contributed by atoms with E-state index in [0.29, 0.717) is 31.5 Å². The second-order valence-corrected chi connectivity index (χ2v) is 8.86. The van der Waals surface area contributed by atoms with E-state index in [9.17, 15) is 9.59 Å². The summed E-state index contributed by atoms with van der Waals surface area (Å²) in [6, 6.07) is 15.6. The Hall–Kier alpha value is -3.35. The molecule has 0 aliphatic carbocycles. The van der Waals surface area contributed by atoms with Gasteiger partial charge in [0.05, 0.1) is 11.0 Å². The van der Waals surface area contributed by atoms with Gasteiger partial charge in [-0.15, -0.1) is 0 Å². The zero-order chi connectivity index (χ0) is 22.0. The third-order valence-electron chi connectivity index (χ3n) is 5.35. The van der Waals surface area contributed by atoms with Crippen molar-refractivity contribution in [2.75, 3.05) is 13.1 Å². The average Bonchev–Trinajstić information content (AvgIpc) is 3.17. The van der Waals surface area contributed by atoms with Crippen molar-refractivity contribution in [2.24, 2.45) is 0 Å². The number of benzene rings is 2. The van der Waals surface area contributed by atoms with Crippen molar-refractivity contribution in [1.82, 2.24) is 19.8 Å². The fraction of sp³-hybridized carbons (Fsp3) is 0.375. The van der Waals surface area contributed by atoms with Crippen LogP contribution in [0.1, 0.15) is 44.0 Å². The third kappa shape index (κ3) is 4.87. The van der Waals surface area contributed by atoms with E-state index in [1.54, 1.807) is 6.33 Å². The maximum atomic E-state index is 12.9. The number of alkyl carbamates (subject to hydrolysis) is 1. The topological polar surface area (TPSA) is 76.5 Å². The standard InChI is InChI=1S/C24H28N4O3/c1-24(2,3)31-23(30)26-18-12-14-27(15-13-18)22(29)17-8-10-19(11-9-17)28-16-25-20-6-4-5-7-21(20)28/h4-11,16,18H,12-15H2,1-3H3,(H,26,30). The number of hydrogen-bond acceptors (Lipinski definition) is 4. The van der Waals surface area contributed by atoms with Gasteiger partial charge in [0, 0.05) is 30.4 Å². The highest BCUT2D eigenvalue weighted by molar-refractivity contribution is 5.94. The maximum absolute atomic E-state index is 12.9. The number of amides is 2. The van der Waals surface area contributed by atoms with Gasteiger partial charge in [-0.05, 0) is 70.0 Å². The van der Waals surface area contributed by atoms with E-state index in [1.807, 2.05) is 78.8 Å². The molecule has 1 aromatic heterocycles. The predicted octanol–water partition coefficient (Wildman–Crippen LogP) is 4.15. The van der Waals surface area contributed by atoms with Crippen LogP contribution in [0.15, 0.2) is 54.9 Å². The number of imidazole rings is 1. The summed E-state index contributed by atoms with van der Waals surface area (Å²) in [5.74, 6) is 0.0118. The van der Waals surface area contributed by atoms with Crippen molar-refractivity contribution in [3.05, 3.63) is 60.4 Å². The molecule has 1 aliphatic rings. The van der Waals surface area contributed by atoms with Gasteiger partial charge in [0.1, 0.15) is 11.9 Å². The number of hydrogen-bond donors (Lipinski definition) is 1. The monoisotopic (exact) mass is 420 g/mol. The molecule has 1 fully saturated rings. The van der Waals surface area contributed by atoms with E-state index in [1.165, 1.54) is 0 Å². The maximum Gasteiger partial charge on any atom is 0.407 e. The summed E-state index contributed by atoms with van der Waals surface area (Å²) in [7, 11) is 0. The molecule has 0 spiro atoms. The molecule has 1 N–H and O–H groups in total. The van der Waals surface area contributed by atoms with Crippen molar-refractivity contribution in [3.63, 3.8) is 0 Å². The highest BCUT2D eigenvalue weighted by Gasteiger charge is 2.26. The molecule has 0 unspecified atom stereocenters. The first-order chi connectivity index (χ1) is 14.8. The number of nitrogens with zero attached hydrogens (tertiary/aromatic N) is 3. The number of ether oxygens (including phenoxy) is 1. The van der Waals surface area contributed by atoms with Crippen LogP contribution in [0, 0.1) is 0 Å². The molecule has 0 saturated carbocycles. The van der Waals surface area contributed by atoms with Crippen LogP contribution in [-0.4, -0.2) is 51.2 Å². The zero-order valence-electron chi connectivity index (χ0n) is 18.2. The first-order valence-corrected chi connectivity index (χ1v) is 10.6. The molecule has 7 heteroatoms. The smallest absolute Gasteiger partial charge is 0.407 e. The number of rotatable bonds is 3. The van der Waals surface area contributed by atoms with E-state index in [0.717, 1.165) is 16.7 Å². The molecule has 0 radical (unpaired) electrons. The number of nitrogens with one attached hydrogen (secondary N) is 1. The van der Waals surface area contributed by atoms with Gasteiger partial charge >= 0.3 is 6.09 Å². The molecule has 2 amide bonds. The first kappa shape index (κ1) is 20.9. The number of piperidine rings is 1. The highest BCUT2D eigenvalue weighted by Crippen LogP contribution is 2.20. The molecule has 7 nitrogen and oxygen atoms in total. The molecule has 1 aliphatic heterocycles. The van der Waals surface area contributed by atoms with Gasteiger partial charge in [0.15, 0.2) is 0 Å². The van der Waals surface area contributed by atoms with Gasteiger partial charge in [-0.25, -0.2) is 9.78 Å². The van der Waals surface area contributed by atoms with Crippen molar-refractivity contribution in [3.8, 4) is 5.69 Å². The predicted molar refractivity (Wildman–Crippen MR) is 119 cm³/mol. The number of para-hydroxylation sites is 2. The minimum atomic E-state index is -0.518. The molecule has 0 bridgehead atoms. The minimum absolute atomic E-state index is 0.0118. The van der Waals surface area contributed by atoms with Gasteiger partial charge in [-0.1, -0.05) is 12.1 Å². The van der Waals surface area contributed by atoms with Crippen LogP contribution in [0.2, 0.25) is 0 Å². The molecular weight excluding hydrogens is 392 g/mol. The Kier molecular flexibility index (Phi) is 5.67. The Morgan fingerprint density at radius 2 is 1.71 bits per heavy atom. The fourth-order valence-electron chi connectivity index (χ4n) is 3.81. The first-order valence-electron chi connectivity index (χ1n) is 10.6. The number of aromatic nitrogens is 2. The van der Waals surface area contributed by atoms with E-state index in [4.69, 9.17) is 4.74 Å². The molecule has 31 heavy (non-hydrogen) atoms. The molecule has 2 heterocycles. The molecule has 3 aromatic rings.